The molecule has 1 N–H and O–H groups in total. The van der Waals surface area contributed by atoms with Crippen LogP contribution in [0.25, 0.3) is 11.3 Å². The second-order valence-corrected chi connectivity index (χ2v) is 7.11. The van der Waals surface area contributed by atoms with E-state index >= 15 is 0 Å². The number of nitrogens with one attached hydrogen (secondary N) is 1. The lowest BCUT2D eigenvalue weighted by Crippen LogP contribution is -2.20. The van der Waals surface area contributed by atoms with E-state index in [1.807, 2.05) is 41.8 Å². The van der Waals surface area contributed by atoms with Gasteiger partial charge in [0, 0.05) is 10.9 Å². The highest BCUT2D eigenvalue weighted by Gasteiger charge is 2.10. The summed E-state index contributed by atoms with van der Waals surface area (Å²) in [4.78, 5) is 16.7. The zero-order chi connectivity index (χ0) is 20.5. The molecule has 0 saturated heterocycles. The van der Waals surface area contributed by atoms with E-state index in [2.05, 4.69) is 17.2 Å². The normalized spacial score (nSPS) is 10.4. The molecule has 0 aliphatic rings. The van der Waals surface area contributed by atoms with Crippen molar-refractivity contribution in [1.82, 2.24) is 4.98 Å². The highest BCUT2D eigenvalue weighted by molar-refractivity contribution is 7.14. The zero-order valence-electron chi connectivity index (χ0n) is 16.5. The van der Waals surface area contributed by atoms with Gasteiger partial charge in [-0.25, -0.2) is 4.98 Å². The number of thiazole rings is 1. The summed E-state index contributed by atoms with van der Waals surface area (Å²) in [6, 6.07) is 15.0. The van der Waals surface area contributed by atoms with Crippen molar-refractivity contribution in [2.45, 2.75) is 19.8 Å². The van der Waals surface area contributed by atoms with Crippen molar-refractivity contribution in [2.24, 2.45) is 0 Å². The molecule has 3 rings (SSSR count). The Hall–Kier alpha value is -3.06. The van der Waals surface area contributed by atoms with Crippen LogP contribution in [0.1, 0.15) is 19.8 Å². The largest absolute Gasteiger partial charge is 0.494 e. The Morgan fingerprint density at radius 1 is 1.07 bits per heavy atom. The first-order valence-corrected chi connectivity index (χ1v) is 10.3. The number of amides is 1. The van der Waals surface area contributed by atoms with Crippen molar-refractivity contribution in [3.63, 3.8) is 0 Å². The van der Waals surface area contributed by atoms with Crippen molar-refractivity contribution in [1.29, 1.82) is 0 Å². The molecule has 0 radical (unpaired) electrons. The van der Waals surface area contributed by atoms with E-state index in [1.165, 1.54) is 11.3 Å². The van der Waals surface area contributed by atoms with Crippen LogP contribution in [0.5, 0.6) is 17.2 Å². The lowest BCUT2D eigenvalue weighted by molar-refractivity contribution is -0.118. The first-order valence-electron chi connectivity index (χ1n) is 9.44. The fourth-order valence-corrected chi connectivity index (χ4v) is 3.29. The van der Waals surface area contributed by atoms with Crippen LogP contribution in [0, 0.1) is 0 Å². The maximum Gasteiger partial charge on any atom is 0.264 e. The van der Waals surface area contributed by atoms with Crippen LogP contribution in [-0.4, -0.2) is 31.2 Å². The number of hydrogen-bond acceptors (Lipinski definition) is 6. The molecule has 1 aromatic heterocycles. The number of unbranched alkanes of at least 4 members (excludes halogenated alkanes) is 1. The minimum atomic E-state index is -0.281. The maximum atomic E-state index is 12.2. The number of ether oxygens (including phenoxy) is 3. The Morgan fingerprint density at radius 2 is 1.83 bits per heavy atom. The van der Waals surface area contributed by atoms with Gasteiger partial charge in [0.1, 0.15) is 5.75 Å². The molecule has 6 nitrogen and oxygen atoms in total. The summed E-state index contributed by atoms with van der Waals surface area (Å²) >= 11 is 1.37. The predicted molar refractivity (Wildman–Crippen MR) is 115 cm³/mol. The van der Waals surface area contributed by atoms with Crippen LogP contribution < -0.4 is 19.5 Å². The molecule has 0 aliphatic heterocycles. The summed E-state index contributed by atoms with van der Waals surface area (Å²) in [5.41, 5.74) is 1.77. The van der Waals surface area contributed by atoms with E-state index in [-0.39, 0.29) is 12.5 Å². The SMILES string of the molecule is CCCCOc1ccc(-c2csc(NC(=O)COc3ccccc3OC)n2)cc1. The van der Waals surface area contributed by atoms with Crippen molar-refractivity contribution in [3.8, 4) is 28.5 Å². The summed E-state index contributed by atoms with van der Waals surface area (Å²) < 4.78 is 16.4. The summed E-state index contributed by atoms with van der Waals surface area (Å²) in [6.07, 6.45) is 2.15. The Morgan fingerprint density at radius 3 is 2.55 bits per heavy atom. The second kappa shape index (κ2) is 10.5. The first-order chi connectivity index (χ1) is 14.2. The van der Waals surface area contributed by atoms with Gasteiger partial charge in [-0.1, -0.05) is 25.5 Å². The van der Waals surface area contributed by atoms with Crippen molar-refractivity contribution in [3.05, 3.63) is 53.9 Å². The van der Waals surface area contributed by atoms with Gasteiger partial charge < -0.3 is 14.2 Å². The Bertz CT molecular complexity index is 925. The minimum absolute atomic E-state index is 0.126. The average Bonchev–Trinajstić information content (AvgIpc) is 3.21. The number of nitrogens with zero attached hydrogens (tertiary/aromatic N) is 1. The third kappa shape index (κ3) is 5.96. The fraction of sp³-hybridized carbons (Fsp3) is 0.273. The second-order valence-electron chi connectivity index (χ2n) is 6.25. The van der Waals surface area contributed by atoms with Crippen molar-refractivity contribution in [2.75, 3.05) is 25.6 Å². The van der Waals surface area contributed by atoms with E-state index < -0.39 is 0 Å². The number of hydrogen-bond donors (Lipinski definition) is 1. The van der Waals surface area contributed by atoms with Gasteiger partial charge in [-0.15, -0.1) is 11.3 Å². The smallest absolute Gasteiger partial charge is 0.264 e. The molecule has 1 amide bonds. The lowest BCUT2D eigenvalue weighted by atomic mass is 10.2. The van der Waals surface area contributed by atoms with Crippen LogP contribution in [0.15, 0.2) is 53.9 Å². The minimum Gasteiger partial charge on any atom is -0.494 e. The number of carbonyl (C=O) groups is 1. The quantitative estimate of drug-likeness (QED) is 0.474. The molecule has 7 heteroatoms. The number of anilines is 1. The van der Waals surface area contributed by atoms with Crippen molar-refractivity contribution < 1.29 is 19.0 Å². The monoisotopic (exact) mass is 412 g/mol. The summed E-state index contributed by atoms with van der Waals surface area (Å²) in [7, 11) is 1.56. The van der Waals surface area contributed by atoms with E-state index in [4.69, 9.17) is 14.2 Å². The van der Waals surface area contributed by atoms with Gasteiger partial charge in [0.2, 0.25) is 0 Å². The average molecular weight is 413 g/mol. The molecule has 0 atom stereocenters. The fourth-order valence-electron chi connectivity index (χ4n) is 2.56. The van der Waals surface area contributed by atoms with Gasteiger partial charge in [0.05, 0.1) is 19.4 Å². The number of rotatable bonds is 10. The molecular weight excluding hydrogens is 388 g/mol. The topological polar surface area (TPSA) is 69.7 Å². The third-order valence-electron chi connectivity index (χ3n) is 4.10. The predicted octanol–water partition coefficient (Wildman–Crippen LogP) is 5.02. The number of para-hydroxylation sites is 2. The van der Waals surface area contributed by atoms with E-state index in [0.717, 1.165) is 36.5 Å². The first kappa shape index (κ1) is 20.7. The molecule has 0 unspecified atom stereocenters. The molecule has 152 valence electrons. The van der Waals surface area contributed by atoms with Gasteiger partial charge >= 0.3 is 0 Å². The highest BCUT2D eigenvalue weighted by Crippen LogP contribution is 2.27. The van der Waals surface area contributed by atoms with E-state index in [1.54, 1.807) is 19.2 Å². The molecule has 0 fully saturated rings. The molecule has 0 aliphatic carbocycles. The lowest BCUT2D eigenvalue weighted by Gasteiger charge is -2.09. The van der Waals surface area contributed by atoms with Crippen LogP contribution >= 0.6 is 11.3 Å². The molecule has 29 heavy (non-hydrogen) atoms. The Labute approximate surface area is 174 Å². The van der Waals surface area contributed by atoms with E-state index in [0.29, 0.717) is 16.6 Å². The Balaban J connectivity index is 1.53. The summed E-state index contributed by atoms with van der Waals surface area (Å²) in [5, 5.41) is 5.19. The number of methoxy groups -OCH3 is 1. The standard InChI is InChI=1S/C22H24N2O4S/c1-3-4-13-27-17-11-9-16(10-12-17)18-15-29-22(23-18)24-21(25)14-28-20-8-6-5-7-19(20)26-2/h5-12,15H,3-4,13-14H2,1-2H3,(H,23,24,25). The third-order valence-corrected chi connectivity index (χ3v) is 4.85. The molecule has 0 spiro atoms. The number of aromatic nitrogens is 1. The zero-order valence-corrected chi connectivity index (χ0v) is 17.3. The van der Waals surface area contributed by atoms with Gasteiger partial charge in [-0.2, -0.15) is 0 Å². The van der Waals surface area contributed by atoms with Crippen LogP contribution in [0.3, 0.4) is 0 Å². The molecule has 1 heterocycles. The number of benzene rings is 2. The van der Waals surface area contributed by atoms with Gasteiger partial charge in [-0.3, -0.25) is 10.1 Å². The van der Waals surface area contributed by atoms with Crippen LogP contribution in [-0.2, 0) is 4.79 Å². The van der Waals surface area contributed by atoms with Gasteiger partial charge in [-0.05, 0) is 42.8 Å². The van der Waals surface area contributed by atoms with Gasteiger partial charge in [0.25, 0.3) is 5.91 Å². The molecular formula is C22H24N2O4S. The molecule has 2 aromatic carbocycles. The van der Waals surface area contributed by atoms with Crippen molar-refractivity contribution >= 4 is 22.4 Å². The van der Waals surface area contributed by atoms with Gasteiger partial charge in [0.15, 0.2) is 23.2 Å². The maximum absolute atomic E-state index is 12.2. The highest BCUT2D eigenvalue weighted by atomic mass is 32.1. The molecule has 0 bridgehead atoms. The van der Waals surface area contributed by atoms with Crippen LogP contribution in [0.2, 0.25) is 0 Å². The Kier molecular flexibility index (Phi) is 7.47. The molecule has 0 saturated carbocycles. The van der Waals surface area contributed by atoms with E-state index in [9.17, 15) is 4.79 Å². The summed E-state index contributed by atoms with van der Waals surface area (Å²) in [5.74, 6) is 1.67. The summed E-state index contributed by atoms with van der Waals surface area (Å²) in [6.45, 7) is 2.73. The van der Waals surface area contributed by atoms with Crippen LogP contribution in [0.4, 0.5) is 5.13 Å². The molecule has 3 aromatic rings. The number of carbonyl (C=O) groups excluding carboxylic acids is 1.